The predicted octanol–water partition coefficient (Wildman–Crippen LogP) is 2.78. The fraction of sp³-hybridized carbons (Fsp3) is 0.214. The van der Waals surface area contributed by atoms with Crippen molar-refractivity contribution >= 4 is 17.6 Å². The first kappa shape index (κ1) is 14.4. The minimum absolute atomic E-state index is 0.0962. The third-order valence-electron chi connectivity index (χ3n) is 2.85. The summed E-state index contributed by atoms with van der Waals surface area (Å²) in [6.45, 7) is 0. The summed E-state index contributed by atoms with van der Waals surface area (Å²) in [5.74, 6) is 0.560. The highest BCUT2D eigenvalue weighted by Gasteiger charge is 2.20. The Balaban J connectivity index is 2.36. The van der Waals surface area contributed by atoms with Gasteiger partial charge in [-0.25, -0.2) is 4.79 Å². The summed E-state index contributed by atoms with van der Waals surface area (Å²) in [4.78, 5) is 11.4. The van der Waals surface area contributed by atoms with Gasteiger partial charge in [-0.15, -0.1) is 0 Å². The Morgan fingerprint density at radius 2 is 2.05 bits per heavy atom. The molecule has 2 rings (SSSR count). The molecule has 2 aromatic rings. The second kappa shape index (κ2) is 5.98. The lowest BCUT2D eigenvalue weighted by Crippen LogP contribution is -2.12. The minimum atomic E-state index is -0.595. The molecule has 1 aromatic heterocycles. The van der Waals surface area contributed by atoms with Crippen molar-refractivity contribution in [3.8, 4) is 5.75 Å². The molecule has 0 saturated heterocycles. The van der Waals surface area contributed by atoms with Gasteiger partial charge in [0.2, 0.25) is 5.76 Å². The van der Waals surface area contributed by atoms with Gasteiger partial charge in [-0.2, -0.15) is 0 Å². The number of halogens is 1. The molecular formula is C14H14ClNO4. The van der Waals surface area contributed by atoms with Crippen LogP contribution >= 0.6 is 11.6 Å². The maximum Gasteiger partial charge on any atom is 0.373 e. The van der Waals surface area contributed by atoms with E-state index in [0.29, 0.717) is 22.1 Å². The van der Waals surface area contributed by atoms with Gasteiger partial charge in [0.25, 0.3) is 0 Å². The van der Waals surface area contributed by atoms with Crippen LogP contribution in [0.3, 0.4) is 0 Å². The van der Waals surface area contributed by atoms with Crippen molar-refractivity contribution in [2.75, 3.05) is 14.2 Å². The van der Waals surface area contributed by atoms with E-state index >= 15 is 0 Å². The second-order valence-electron chi connectivity index (χ2n) is 4.06. The molecule has 0 spiro atoms. The first-order valence-corrected chi connectivity index (χ1v) is 6.21. The number of hydrogen-bond acceptors (Lipinski definition) is 5. The third-order valence-corrected chi connectivity index (χ3v) is 3.08. The van der Waals surface area contributed by atoms with Crippen molar-refractivity contribution in [1.29, 1.82) is 0 Å². The van der Waals surface area contributed by atoms with Crippen molar-refractivity contribution in [3.05, 3.63) is 52.4 Å². The molecule has 0 aliphatic carbocycles. The van der Waals surface area contributed by atoms with Crippen molar-refractivity contribution in [2.24, 2.45) is 5.73 Å². The molecular weight excluding hydrogens is 282 g/mol. The molecule has 0 fully saturated rings. The lowest BCUT2D eigenvalue weighted by Gasteiger charge is -2.14. The number of benzene rings is 1. The zero-order valence-electron chi connectivity index (χ0n) is 11.1. The SMILES string of the molecule is COC(=O)c1ccc(C(N)c2cc(Cl)ccc2OC)o1. The Labute approximate surface area is 121 Å². The number of carbonyl (C=O) groups is 1. The van der Waals surface area contributed by atoms with Crippen LogP contribution in [0.2, 0.25) is 5.02 Å². The smallest absolute Gasteiger partial charge is 0.373 e. The van der Waals surface area contributed by atoms with Gasteiger partial charge < -0.3 is 19.6 Å². The van der Waals surface area contributed by atoms with Gasteiger partial charge in [0.15, 0.2) is 0 Å². The van der Waals surface area contributed by atoms with Crippen molar-refractivity contribution in [3.63, 3.8) is 0 Å². The third kappa shape index (κ3) is 2.79. The average Bonchev–Trinajstić information content (AvgIpc) is 2.95. The number of hydrogen-bond donors (Lipinski definition) is 1. The highest BCUT2D eigenvalue weighted by atomic mass is 35.5. The molecule has 20 heavy (non-hydrogen) atoms. The molecule has 0 amide bonds. The summed E-state index contributed by atoms with van der Waals surface area (Å²) in [5.41, 5.74) is 6.80. The first-order valence-electron chi connectivity index (χ1n) is 5.84. The Morgan fingerprint density at radius 3 is 2.70 bits per heavy atom. The maximum atomic E-state index is 11.4. The van der Waals surface area contributed by atoms with E-state index in [1.807, 2.05) is 0 Å². The van der Waals surface area contributed by atoms with Crippen LogP contribution in [0.1, 0.15) is 27.9 Å². The monoisotopic (exact) mass is 295 g/mol. The van der Waals surface area contributed by atoms with E-state index in [1.54, 1.807) is 31.4 Å². The number of carbonyl (C=O) groups excluding carboxylic acids is 1. The molecule has 0 aliphatic heterocycles. The molecule has 0 saturated carbocycles. The first-order chi connectivity index (χ1) is 9.56. The van der Waals surface area contributed by atoms with E-state index in [1.165, 1.54) is 13.2 Å². The van der Waals surface area contributed by atoms with Gasteiger partial charge >= 0.3 is 5.97 Å². The number of rotatable bonds is 4. The van der Waals surface area contributed by atoms with Crippen LogP contribution in [0.4, 0.5) is 0 Å². The predicted molar refractivity (Wildman–Crippen MR) is 74.1 cm³/mol. The quantitative estimate of drug-likeness (QED) is 0.878. The van der Waals surface area contributed by atoms with E-state index in [4.69, 9.17) is 26.5 Å². The largest absolute Gasteiger partial charge is 0.496 e. The van der Waals surface area contributed by atoms with Crippen LogP contribution in [0.15, 0.2) is 34.7 Å². The summed E-state index contributed by atoms with van der Waals surface area (Å²) in [5, 5.41) is 0.538. The van der Waals surface area contributed by atoms with Crippen LogP contribution in [0.5, 0.6) is 5.75 Å². The molecule has 106 valence electrons. The molecule has 0 bridgehead atoms. The van der Waals surface area contributed by atoms with E-state index < -0.39 is 12.0 Å². The molecule has 0 radical (unpaired) electrons. The van der Waals surface area contributed by atoms with Crippen LogP contribution < -0.4 is 10.5 Å². The molecule has 6 heteroatoms. The fourth-order valence-electron chi connectivity index (χ4n) is 1.83. The Kier molecular flexibility index (Phi) is 4.32. The molecule has 1 aromatic carbocycles. The molecule has 1 atom stereocenters. The van der Waals surface area contributed by atoms with Crippen molar-refractivity contribution < 1.29 is 18.7 Å². The summed E-state index contributed by atoms with van der Waals surface area (Å²) in [7, 11) is 2.83. The summed E-state index contributed by atoms with van der Waals surface area (Å²) in [6, 6.07) is 7.67. The Morgan fingerprint density at radius 1 is 1.30 bits per heavy atom. The highest BCUT2D eigenvalue weighted by molar-refractivity contribution is 6.30. The zero-order valence-corrected chi connectivity index (χ0v) is 11.8. The van der Waals surface area contributed by atoms with Gasteiger partial charge in [0, 0.05) is 10.6 Å². The van der Waals surface area contributed by atoms with Gasteiger partial charge in [-0.05, 0) is 30.3 Å². The normalized spacial score (nSPS) is 12.0. The van der Waals surface area contributed by atoms with Crippen molar-refractivity contribution in [1.82, 2.24) is 0 Å². The van der Waals surface area contributed by atoms with Gasteiger partial charge in [-0.3, -0.25) is 0 Å². The van der Waals surface area contributed by atoms with E-state index in [9.17, 15) is 4.79 Å². The minimum Gasteiger partial charge on any atom is -0.496 e. The van der Waals surface area contributed by atoms with Crippen LogP contribution in [0.25, 0.3) is 0 Å². The number of methoxy groups -OCH3 is 2. The Bertz CT molecular complexity index is 623. The summed E-state index contributed by atoms with van der Waals surface area (Å²) < 4.78 is 15.2. The molecule has 2 N–H and O–H groups in total. The van der Waals surface area contributed by atoms with E-state index in [-0.39, 0.29) is 5.76 Å². The average molecular weight is 296 g/mol. The number of nitrogens with two attached hydrogens (primary N) is 1. The topological polar surface area (TPSA) is 74.7 Å². The summed E-state index contributed by atoms with van der Waals surface area (Å²) >= 11 is 5.97. The van der Waals surface area contributed by atoms with E-state index in [0.717, 1.165) is 0 Å². The summed E-state index contributed by atoms with van der Waals surface area (Å²) in [6.07, 6.45) is 0. The zero-order chi connectivity index (χ0) is 14.7. The molecule has 0 aliphatic rings. The number of esters is 1. The van der Waals surface area contributed by atoms with Crippen LogP contribution in [0, 0.1) is 0 Å². The second-order valence-corrected chi connectivity index (χ2v) is 4.49. The molecule has 1 heterocycles. The lowest BCUT2D eigenvalue weighted by molar-refractivity contribution is 0.0562. The Hall–Kier alpha value is -1.98. The van der Waals surface area contributed by atoms with Gasteiger partial charge in [-0.1, -0.05) is 11.6 Å². The van der Waals surface area contributed by atoms with Gasteiger partial charge in [0.05, 0.1) is 20.3 Å². The van der Waals surface area contributed by atoms with Crippen LogP contribution in [-0.4, -0.2) is 20.2 Å². The molecule has 1 unspecified atom stereocenters. The standard InChI is InChI=1S/C14H14ClNO4/c1-18-10-4-3-8(15)7-9(10)13(16)11-5-6-12(20-11)14(17)19-2/h3-7,13H,16H2,1-2H3. The van der Waals surface area contributed by atoms with E-state index in [2.05, 4.69) is 4.74 Å². The highest BCUT2D eigenvalue weighted by Crippen LogP contribution is 2.31. The fourth-order valence-corrected chi connectivity index (χ4v) is 2.01. The maximum absolute atomic E-state index is 11.4. The van der Waals surface area contributed by atoms with Crippen molar-refractivity contribution in [2.45, 2.75) is 6.04 Å². The van der Waals surface area contributed by atoms with Gasteiger partial charge in [0.1, 0.15) is 11.5 Å². The van der Waals surface area contributed by atoms with Crippen LogP contribution in [-0.2, 0) is 4.74 Å². The number of furan rings is 1. The number of ether oxygens (including phenoxy) is 2. The lowest BCUT2D eigenvalue weighted by atomic mass is 10.0. The molecule has 5 nitrogen and oxygen atoms in total.